The highest BCUT2D eigenvalue weighted by atomic mass is 19.1. The van der Waals surface area contributed by atoms with Gasteiger partial charge in [-0.05, 0) is 31.9 Å². The molecule has 1 amide bonds. The Hall–Kier alpha value is -3.01. The number of aromatic nitrogens is 2. The van der Waals surface area contributed by atoms with Crippen LogP contribution in [0.3, 0.4) is 0 Å². The number of anilines is 1. The number of pyridine rings is 2. The van der Waals surface area contributed by atoms with Gasteiger partial charge in [0, 0.05) is 44.8 Å². The topological polar surface area (TPSA) is 119 Å². The van der Waals surface area contributed by atoms with Gasteiger partial charge in [-0.2, -0.15) is 0 Å². The van der Waals surface area contributed by atoms with Crippen molar-refractivity contribution in [3.63, 3.8) is 0 Å². The molecule has 160 valence electrons. The number of hydrogen-bond donors (Lipinski definition) is 3. The minimum Gasteiger partial charge on any atom is -0.477 e. The quantitative estimate of drug-likeness (QED) is 0.574. The number of aromatic amines is 1. The van der Waals surface area contributed by atoms with Crippen LogP contribution in [-0.2, 0) is 4.79 Å². The summed E-state index contributed by atoms with van der Waals surface area (Å²) >= 11 is 0. The van der Waals surface area contributed by atoms with E-state index in [2.05, 4.69) is 15.3 Å². The molecule has 0 saturated carbocycles. The lowest BCUT2D eigenvalue weighted by molar-refractivity contribution is -0.127. The molecule has 2 fully saturated rings. The summed E-state index contributed by atoms with van der Waals surface area (Å²) < 4.78 is 14.7. The molecular weight excluding hydrogens is 393 g/mol. The van der Waals surface area contributed by atoms with Gasteiger partial charge in [-0.15, -0.1) is 0 Å². The first-order valence-corrected chi connectivity index (χ1v) is 10.2. The van der Waals surface area contributed by atoms with Crippen molar-refractivity contribution in [1.29, 1.82) is 0 Å². The third kappa shape index (κ3) is 4.00. The number of rotatable bonds is 7. The molecule has 2 aromatic rings. The molecule has 0 spiro atoms. The molecular formula is C20H24FN5O4. The SMILES string of the molecule is O=C(O)c1c[nH]c2nc(N3CCC(NCCCN4CCCC4=O)C3)c(F)cc2c1=O. The van der Waals surface area contributed by atoms with Crippen molar-refractivity contribution in [2.75, 3.05) is 37.6 Å². The van der Waals surface area contributed by atoms with Crippen LogP contribution >= 0.6 is 0 Å². The van der Waals surface area contributed by atoms with Crippen LogP contribution < -0.4 is 15.6 Å². The van der Waals surface area contributed by atoms with Gasteiger partial charge in [0.15, 0.2) is 11.6 Å². The molecule has 2 aliphatic heterocycles. The lowest BCUT2D eigenvalue weighted by Gasteiger charge is -2.20. The van der Waals surface area contributed by atoms with Gasteiger partial charge in [0.2, 0.25) is 11.3 Å². The van der Waals surface area contributed by atoms with Crippen LogP contribution in [0, 0.1) is 5.82 Å². The Morgan fingerprint density at radius 2 is 2.20 bits per heavy atom. The summed E-state index contributed by atoms with van der Waals surface area (Å²) in [7, 11) is 0. The van der Waals surface area contributed by atoms with Crippen LogP contribution in [0.1, 0.15) is 36.0 Å². The number of nitrogens with zero attached hydrogens (tertiary/aromatic N) is 3. The van der Waals surface area contributed by atoms with Gasteiger partial charge in [0.25, 0.3) is 0 Å². The molecule has 1 atom stereocenters. The van der Waals surface area contributed by atoms with Crippen molar-refractivity contribution in [3.8, 4) is 0 Å². The number of carbonyl (C=O) groups excluding carboxylic acids is 1. The van der Waals surface area contributed by atoms with Crippen LogP contribution in [-0.4, -0.2) is 70.6 Å². The fraction of sp³-hybridized carbons (Fsp3) is 0.500. The van der Waals surface area contributed by atoms with Gasteiger partial charge in [-0.25, -0.2) is 14.2 Å². The molecule has 0 aromatic carbocycles. The first-order chi connectivity index (χ1) is 14.4. The van der Waals surface area contributed by atoms with Crippen molar-refractivity contribution in [2.24, 2.45) is 0 Å². The molecule has 4 rings (SSSR count). The minimum absolute atomic E-state index is 0.0820. The Bertz CT molecular complexity index is 1040. The summed E-state index contributed by atoms with van der Waals surface area (Å²) in [5.41, 5.74) is -1.04. The van der Waals surface area contributed by atoms with Crippen LogP contribution in [0.25, 0.3) is 11.0 Å². The summed E-state index contributed by atoms with van der Waals surface area (Å²) in [5, 5.41) is 12.4. The number of carboxylic acids is 1. The van der Waals surface area contributed by atoms with Gasteiger partial charge in [0.05, 0.1) is 5.39 Å². The molecule has 0 aliphatic carbocycles. The zero-order chi connectivity index (χ0) is 21.3. The first-order valence-electron chi connectivity index (χ1n) is 10.2. The molecule has 30 heavy (non-hydrogen) atoms. The predicted octanol–water partition coefficient (Wildman–Crippen LogP) is 0.941. The Kier molecular flexibility index (Phi) is 5.67. The largest absolute Gasteiger partial charge is 0.477 e. The maximum absolute atomic E-state index is 14.7. The van der Waals surface area contributed by atoms with Gasteiger partial charge in [-0.1, -0.05) is 0 Å². The van der Waals surface area contributed by atoms with Crippen LogP contribution in [0.15, 0.2) is 17.1 Å². The monoisotopic (exact) mass is 417 g/mol. The molecule has 2 saturated heterocycles. The number of likely N-dealkylation sites (tertiary alicyclic amines) is 1. The normalized spacial score (nSPS) is 19.2. The molecule has 10 heteroatoms. The summed E-state index contributed by atoms with van der Waals surface area (Å²) in [4.78, 5) is 45.6. The van der Waals surface area contributed by atoms with E-state index in [1.165, 1.54) is 0 Å². The summed E-state index contributed by atoms with van der Waals surface area (Å²) in [5.74, 6) is -1.64. The van der Waals surface area contributed by atoms with E-state index < -0.39 is 22.8 Å². The number of amides is 1. The minimum atomic E-state index is -1.37. The van der Waals surface area contributed by atoms with E-state index >= 15 is 0 Å². The van der Waals surface area contributed by atoms with Crippen molar-refractivity contribution in [2.45, 2.75) is 31.7 Å². The van der Waals surface area contributed by atoms with Gasteiger partial charge < -0.3 is 25.2 Å². The molecule has 3 N–H and O–H groups in total. The lowest BCUT2D eigenvalue weighted by atomic mass is 10.2. The maximum Gasteiger partial charge on any atom is 0.341 e. The Balaban J connectivity index is 1.38. The lowest BCUT2D eigenvalue weighted by Crippen LogP contribution is -2.35. The van der Waals surface area contributed by atoms with Crippen molar-refractivity contribution in [1.82, 2.24) is 20.2 Å². The van der Waals surface area contributed by atoms with Crippen LogP contribution in [0.4, 0.5) is 10.2 Å². The molecule has 9 nitrogen and oxygen atoms in total. The average Bonchev–Trinajstić information content (AvgIpc) is 3.34. The van der Waals surface area contributed by atoms with Gasteiger partial charge >= 0.3 is 5.97 Å². The summed E-state index contributed by atoms with van der Waals surface area (Å²) in [6.07, 6.45) is 4.38. The number of carbonyl (C=O) groups is 2. The van der Waals surface area contributed by atoms with E-state index in [4.69, 9.17) is 5.11 Å². The smallest absolute Gasteiger partial charge is 0.341 e. The van der Waals surface area contributed by atoms with E-state index in [1.54, 1.807) is 0 Å². The zero-order valence-electron chi connectivity index (χ0n) is 16.5. The van der Waals surface area contributed by atoms with Crippen molar-refractivity contribution >= 4 is 28.7 Å². The van der Waals surface area contributed by atoms with E-state index in [1.807, 2.05) is 9.80 Å². The Morgan fingerprint density at radius 3 is 2.93 bits per heavy atom. The van der Waals surface area contributed by atoms with Gasteiger partial charge in [0.1, 0.15) is 11.2 Å². The van der Waals surface area contributed by atoms with Crippen LogP contribution in [0.2, 0.25) is 0 Å². The molecule has 1 unspecified atom stereocenters. The van der Waals surface area contributed by atoms with Crippen molar-refractivity contribution in [3.05, 3.63) is 33.9 Å². The van der Waals surface area contributed by atoms with Crippen LogP contribution in [0.5, 0.6) is 0 Å². The third-order valence-electron chi connectivity index (χ3n) is 5.73. The maximum atomic E-state index is 14.7. The molecule has 2 aromatic heterocycles. The average molecular weight is 417 g/mol. The number of halogens is 1. The fourth-order valence-electron chi connectivity index (χ4n) is 4.13. The Morgan fingerprint density at radius 1 is 1.37 bits per heavy atom. The number of carboxylic acid groups (broad SMARTS) is 1. The van der Waals surface area contributed by atoms with E-state index in [0.29, 0.717) is 19.5 Å². The Labute approximate surface area is 171 Å². The van der Waals surface area contributed by atoms with Crippen molar-refractivity contribution < 1.29 is 19.1 Å². The number of hydrogen-bond acceptors (Lipinski definition) is 6. The fourth-order valence-corrected chi connectivity index (χ4v) is 4.13. The first kappa shape index (κ1) is 20.3. The highest BCUT2D eigenvalue weighted by molar-refractivity contribution is 5.91. The standard InChI is InChI=1S/C20H24FN5O4/c21-15-9-13-17(28)14(20(29)30)10-23-18(13)24-19(15)26-8-4-12(11-26)22-5-2-7-25-6-1-3-16(25)27/h9-10,12,22H,1-8,11H2,(H,29,30)(H,23,24,28). The van der Waals surface area contributed by atoms with E-state index in [0.717, 1.165) is 51.2 Å². The summed E-state index contributed by atoms with van der Waals surface area (Å²) in [6, 6.07) is 1.24. The van der Waals surface area contributed by atoms with Gasteiger partial charge in [-0.3, -0.25) is 9.59 Å². The number of aromatic carboxylic acids is 1. The second kappa shape index (κ2) is 8.39. The van der Waals surface area contributed by atoms with E-state index in [9.17, 15) is 18.8 Å². The zero-order valence-corrected chi connectivity index (χ0v) is 16.5. The third-order valence-corrected chi connectivity index (χ3v) is 5.73. The van der Waals surface area contributed by atoms with E-state index in [-0.39, 0.29) is 28.8 Å². The summed E-state index contributed by atoms with van der Waals surface area (Å²) in [6.45, 7) is 3.58. The molecule has 2 aliphatic rings. The highest BCUT2D eigenvalue weighted by Gasteiger charge is 2.26. The molecule has 4 heterocycles. The molecule has 0 radical (unpaired) electrons. The second-order valence-electron chi connectivity index (χ2n) is 7.75. The number of fused-ring (bicyclic) bond motifs is 1. The number of nitrogens with one attached hydrogen (secondary N) is 2. The molecule has 0 bridgehead atoms. The highest BCUT2D eigenvalue weighted by Crippen LogP contribution is 2.24. The second-order valence-corrected chi connectivity index (χ2v) is 7.75. The number of H-pyrrole nitrogens is 1. The predicted molar refractivity (Wildman–Crippen MR) is 108 cm³/mol.